The third kappa shape index (κ3) is 2.92. The number of amides is 2. The minimum Gasteiger partial charge on any atom is -0.461 e. The molecule has 5 rings (SSSR count). The van der Waals surface area contributed by atoms with E-state index in [-0.39, 0.29) is 11.5 Å². The average Bonchev–Trinajstić information content (AvgIpc) is 3.31. The summed E-state index contributed by atoms with van der Waals surface area (Å²) in [6.45, 7) is 1.40. The molecule has 0 bridgehead atoms. The first-order chi connectivity index (χ1) is 15.1. The normalized spacial score (nSPS) is 17.8. The van der Waals surface area contributed by atoms with Crippen LogP contribution >= 0.6 is 0 Å². The van der Waals surface area contributed by atoms with Crippen LogP contribution in [0.5, 0.6) is 0 Å². The number of allylic oxidation sites excluding steroid dienone is 1. The van der Waals surface area contributed by atoms with Crippen LogP contribution in [0.25, 0.3) is 5.76 Å². The lowest BCUT2D eigenvalue weighted by Gasteiger charge is -2.32. The summed E-state index contributed by atoms with van der Waals surface area (Å²) >= 11 is 0. The van der Waals surface area contributed by atoms with Gasteiger partial charge in [-0.05, 0) is 12.1 Å². The first-order valence-corrected chi connectivity index (χ1v) is 9.87. The Labute approximate surface area is 178 Å². The van der Waals surface area contributed by atoms with Crippen LogP contribution in [0.15, 0.2) is 90.6 Å². The van der Waals surface area contributed by atoms with Crippen molar-refractivity contribution in [1.82, 2.24) is 10.0 Å². The molecule has 2 heterocycles. The molecule has 152 valence electrons. The summed E-state index contributed by atoms with van der Waals surface area (Å²) in [5, 5.41) is 2.42. The summed E-state index contributed by atoms with van der Waals surface area (Å²) < 4.78 is 6.27. The second kappa shape index (κ2) is 7.25. The summed E-state index contributed by atoms with van der Waals surface area (Å²) in [4.78, 5) is 39.3. The number of fused-ring (bicyclic) bond motifs is 1. The van der Waals surface area contributed by atoms with Crippen LogP contribution in [-0.2, 0) is 9.53 Å². The Bertz CT molecular complexity index is 1200. The maximum atomic E-state index is 13.3. The average molecular weight is 410 g/mol. The standard InChI is InChI=1S/C25H18N2O4/c1-16(28)21-22(17-10-4-2-5-11-17)31-25(18-12-6-3-7-13-18)26(21)27-23(29)19-14-8-9-15-20(19)24(27)30/h2-15,25H,1H3. The van der Waals surface area contributed by atoms with Crippen molar-refractivity contribution in [2.24, 2.45) is 0 Å². The van der Waals surface area contributed by atoms with Gasteiger partial charge in [-0.2, -0.15) is 5.01 Å². The minimum atomic E-state index is -0.850. The number of hydrazine groups is 1. The zero-order valence-electron chi connectivity index (χ0n) is 16.7. The van der Waals surface area contributed by atoms with Crippen molar-refractivity contribution in [3.63, 3.8) is 0 Å². The lowest BCUT2D eigenvalue weighted by molar-refractivity contribution is -0.118. The van der Waals surface area contributed by atoms with Crippen LogP contribution in [0.4, 0.5) is 0 Å². The number of carbonyl (C=O) groups is 3. The Balaban J connectivity index is 1.71. The smallest absolute Gasteiger partial charge is 0.280 e. The van der Waals surface area contributed by atoms with E-state index in [2.05, 4.69) is 0 Å². The number of hydrogen-bond acceptors (Lipinski definition) is 5. The van der Waals surface area contributed by atoms with Crippen molar-refractivity contribution in [2.45, 2.75) is 13.2 Å². The van der Waals surface area contributed by atoms with E-state index in [9.17, 15) is 14.4 Å². The Morgan fingerprint density at radius 3 is 1.84 bits per heavy atom. The van der Waals surface area contributed by atoms with Gasteiger partial charge in [0.15, 0.2) is 11.5 Å². The summed E-state index contributed by atoms with van der Waals surface area (Å²) in [7, 11) is 0. The molecule has 0 saturated carbocycles. The van der Waals surface area contributed by atoms with E-state index >= 15 is 0 Å². The first-order valence-electron chi connectivity index (χ1n) is 9.87. The Morgan fingerprint density at radius 1 is 0.774 bits per heavy atom. The SMILES string of the molecule is CC(=O)C1=C(c2ccccc2)OC(c2ccccc2)N1N1C(=O)c2ccccc2C1=O. The fraction of sp³-hybridized carbons (Fsp3) is 0.0800. The van der Waals surface area contributed by atoms with E-state index in [1.54, 1.807) is 24.3 Å². The van der Waals surface area contributed by atoms with Gasteiger partial charge in [0, 0.05) is 18.1 Å². The fourth-order valence-corrected chi connectivity index (χ4v) is 3.96. The van der Waals surface area contributed by atoms with Gasteiger partial charge in [0.05, 0.1) is 11.1 Å². The van der Waals surface area contributed by atoms with Gasteiger partial charge < -0.3 is 4.74 Å². The second-order valence-corrected chi connectivity index (χ2v) is 7.29. The van der Waals surface area contributed by atoms with Crippen LogP contribution < -0.4 is 0 Å². The Kier molecular flexibility index (Phi) is 4.40. The van der Waals surface area contributed by atoms with Crippen molar-refractivity contribution in [3.8, 4) is 0 Å². The lowest BCUT2D eigenvalue weighted by atomic mass is 10.1. The van der Waals surface area contributed by atoms with Gasteiger partial charge in [-0.25, -0.2) is 5.01 Å². The third-order valence-electron chi connectivity index (χ3n) is 5.34. The molecule has 2 aliphatic rings. The van der Waals surface area contributed by atoms with Gasteiger partial charge in [-0.3, -0.25) is 14.4 Å². The maximum absolute atomic E-state index is 13.3. The molecular weight excluding hydrogens is 392 g/mol. The summed E-state index contributed by atoms with van der Waals surface area (Å²) in [6, 6.07) is 25.0. The number of ketones is 1. The molecule has 0 spiro atoms. The molecule has 6 nitrogen and oxygen atoms in total. The molecule has 3 aromatic rings. The quantitative estimate of drug-likeness (QED) is 0.604. The van der Waals surface area contributed by atoms with E-state index in [0.717, 1.165) is 5.01 Å². The number of ether oxygens (including phenoxy) is 1. The van der Waals surface area contributed by atoms with Crippen LogP contribution in [0, 0.1) is 0 Å². The number of imide groups is 1. The van der Waals surface area contributed by atoms with Gasteiger partial charge in [-0.15, -0.1) is 0 Å². The second-order valence-electron chi connectivity index (χ2n) is 7.29. The molecule has 2 amide bonds. The predicted octanol–water partition coefficient (Wildman–Crippen LogP) is 4.19. The van der Waals surface area contributed by atoms with E-state index in [1.165, 1.54) is 11.9 Å². The number of rotatable bonds is 4. The molecule has 2 aliphatic heterocycles. The molecule has 1 unspecified atom stereocenters. The maximum Gasteiger partial charge on any atom is 0.280 e. The number of Topliss-reactive ketones (excluding diaryl/α,β-unsaturated/α-hetero) is 1. The number of hydrogen-bond donors (Lipinski definition) is 0. The minimum absolute atomic E-state index is 0.162. The predicted molar refractivity (Wildman–Crippen MR) is 113 cm³/mol. The molecular formula is C25H18N2O4. The fourth-order valence-electron chi connectivity index (χ4n) is 3.96. The molecule has 31 heavy (non-hydrogen) atoms. The van der Waals surface area contributed by atoms with E-state index in [1.807, 2.05) is 60.7 Å². The van der Waals surface area contributed by atoms with Gasteiger partial charge in [0.1, 0.15) is 5.70 Å². The number of benzene rings is 3. The van der Waals surface area contributed by atoms with Crippen molar-refractivity contribution in [2.75, 3.05) is 0 Å². The highest BCUT2D eigenvalue weighted by molar-refractivity contribution is 6.21. The molecule has 3 aromatic carbocycles. The molecule has 0 aliphatic carbocycles. The number of carbonyl (C=O) groups excluding carboxylic acids is 3. The van der Waals surface area contributed by atoms with Gasteiger partial charge in [0.2, 0.25) is 6.23 Å². The van der Waals surface area contributed by atoms with Crippen LogP contribution in [0.3, 0.4) is 0 Å². The zero-order valence-corrected chi connectivity index (χ0v) is 16.7. The largest absolute Gasteiger partial charge is 0.461 e. The Morgan fingerprint density at radius 2 is 1.29 bits per heavy atom. The van der Waals surface area contributed by atoms with E-state index < -0.39 is 18.0 Å². The van der Waals surface area contributed by atoms with Gasteiger partial charge in [0.25, 0.3) is 11.8 Å². The van der Waals surface area contributed by atoms with Crippen molar-refractivity contribution in [1.29, 1.82) is 0 Å². The van der Waals surface area contributed by atoms with Crippen molar-refractivity contribution >= 4 is 23.4 Å². The van der Waals surface area contributed by atoms with Gasteiger partial charge in [-0.1, -0.05) is 72.8 Å². The number of nitrogens with zero attached hydrogens (tertiary/aromatic N) is 2. The van der Waals surface area contributed by atoms with E-state index in [4.69, 9.17) is 4.74 Å². The topological polar surface area (TPSA) is 66.9 Å². The lowest BCUT2D eigenvalue weighted by Crippen LogP contribution is -2.47. The highest BCUT2D eigenvalue weighted by Crippen LogP contribution is 2.44. The highest BCUT2D eigenvalue weighted by atomic mass is 16.5. The van der Waals surface area contributed by atoms with E-state index in [0.29, 0.717) is 28.0 Å². The zero-order chi connectivity index (χ0) is 21.5. The van der Waals surface area contributed by atoms with Crippen molar-refractivity contribution in [3.05, 3.63) is 113 Å². The molecule has 0 aromatic heterocycles. The molecule has 0 radical (unpaired) electrons. The first kappa shape index (κ1) is 18.8. The molecule has 0 N–H and O–H groups in total. The monoisotopic (exact) mass is 410 g/mol. The van der Waals surface area contributed by atoms with Crippen LogP contribution in [0.1, 0.15) is 45.0 Å². The summed E-state index contributed by atoms with van der Waals surface area (Å²) in [6.07, 6.45) is -0.850. The summed E-state index contributed by atoms with van der Waals surface area (Å²) in [5.41, 5.74) is 2.16. The summed E-state index contributed by atoms with van der Waals surface area (Å²) in [5.74, 6) is -0.955. The van der Waals surface area contributed by atoms with Crippen LogP contribution in [0.2, 0.25) is 0 Å². The molecule has 6 heteroatoms. The highest BCUT2D eigenvalue weighted by Gasteiger charge is 2.49. The molecule has 0 fully saturated rings. The third-order valence-corrected chi connectivity index (χ3v) is 5.34. The molecule has 0 saturated heterocycles. The van der Waals surface area contributed by atoms with Gasteiger partial charge >= 0.3 is 0 Å². The van der Waals surface area contributed by atoms with Crippen molar-refractivity contribution < 1.29 is 19.1 Å². The van der Waals surface area contributed by atoms with Crippen LogP contribution in [-0.4, -0.2) is 27.6 Å². The molecule has 1 atom stereocenters. The Hall–Kier alpha value is -4.19.